The number of aliphatic hydroxyl groups excluding tert-OH is 1. The summed E-state index contributed by atoms with van der Waals surface area (Å²) in [6, 6.07) is 1.83. The molecular weight excluding hydrogens is 192 g/mol. The maximum atomic E-state index is 10.1. The largest absolute Gasteiger partial charge is 0.382 e. The minimum absolute atomic E-state index is 0.655. The van der Waals surface area contributed by atoms with Crippen LogP contribution in [0.3, 0.4) is 0 Å². The van der Waals surface area contributed by atoms with Gasteiger partial charge in [-0.3, -0.25) is 9.78 Å². The Balaban J connectivity index is 2.25. The predicted octanol–water partition coefficient (Wildman–Crippen LogP) is 1.10. The average Bonchev–Trinajstić information content (AvgIpc) is 2.87. The minimum Gasteiger partial charge on any atom is -0.382 e. The zero-order chi connectivity index (χ0) is 10.7. The van der Waals surface area contributed by atoms with Crippen molar-refractivity contribution in [1.82, 2.24) is 20.0 Å². The Kier molecular flexibility index (Phi) is 2.82. The third kappa shape index (κ3) is 1.92. The number of rotatable bonds is 4. The second-order valence-corrected chi connectivity index (χ2v) is 3.41. The highest BCUT2D eigenvalue weighted by Gasteiger charge is 2.15. The molecule has 5 nitrogen and oxygen atoms in total. The van der Waals surface area contributed by atoms with Crippen LogP contribution in [0, 0.1) is 0 Å². The molecule has 2 aromatic rings. The second-order valence-electron chi connectivity index (χ2n) is 3.41. The molecule has 2 N–H and O–H groups in total. The number of aromatic amines is 1. The molecule has 1 atom stereocenters. The van der Waals surface area contributed by atoms with E-state index in [1.54, 1.807) is 18.6 Å². The van der Waals surface area contributed by atoms with Gasteiger partial charge in [-0.1, -0.05) is 6.92 Å². The number of nitrogens with one attached hydrogen (secondary N) is 1. The lowest BCUT2D eigenvalue weighted by atomic mass is 10.1. The summed E-state index contributed by atoms with van der Waals surface area (Å²) in [4.78, 5) is 0. The van der Waals surface area contributed by atoms with Crippen molar-refractivity contribution in [3.63, 3.8) is 0 Å². The van der Waals surface area contributed by atoms with Crippen LogP contribution in [0.1, 0.15) is 30.7 Å². The van der Waals surface area contributed by atoms with Crippen LogP contribution in [-0.2, 0) is 6.54 Å². The van der Waals surface area contributed by atoms with Gasteiger partial charge in [0.05, 0.1) is 11.9 Å². The Bertz CT molecular complexity index is 407. The van der Waals surface area contributed by atoms with E-state index in [0.29, 0.717) is 0 Å². The predicted molar refractivity (Wildman–Crippen MR) is 55.2 cm³/mol. The van der Waals surface area contributed by atoms with Crippen molar-refractivity contribution < 1.29 is 5.11 Å². The molecular formula is C10H14N4O. The summed E-state index contributed by atoms with van der Waals surface area (Å²) in [5.41, 5.74) is 1.56. The zero-order valence-corrected chi connectivity index (χ0v) is 8.59. The highest BCUT2D eigenvalue weighted by Crippen LogP contribution is 2.20. The number of aromatic nitrogens is 4. The molecule has 0 amide bonds. The maximum absolute atomic E-state index is 10.1. The van der Waals surface area contributed by atoms with E-state index < -0.39 is 6.10 Å². The van der Waals surface area contributed by atoms with Gasteiger partial charge in [-0.2, -0.15) is 10.2 Å². The van der Waals surface area contributed by atoms with Gasteiger partial charge in [0, 0.05) is 24.5 Å². The van der Waals surface area contributed by atoms with Gasteiger partial charge in [0.1, 0.15) is 6.10 Å². The molecule has 2 heterocycles. The molecule has 0 saturated carbocycles. The van der Waals surface area contributed by atoms with E-state index in [-0.39, 0.29) is 0 Å². The van der Waals surface area contributed by atoms with Crippen molar-refractivity contribution in [2.24, 2.45) is 0 Å². The third-order valence-electron chi connectivity index (χ3n) is 2.30. The first-order valence-electron chi connectivity index (χ1n) is 5.01. The maximum Gasteiger partial charge on any atom is 0.124 e. The number of H-pyrrole nitrogens is 1. The Morgan fingerprint density at radius 2 is 2.47 bits per heavy atom. The molecule has 5 heteroatoms. The van der Waals surface area contributed by atoms with Crippen LogP contribution < -0.4 is 0 Å². The van der Waals surface area contributed by atoms with Crippen molar-refractivity contribution in [3.8, 4) is 0 Å². The van der Waals surface area contributed by atoms with Crippen molar-refractivity contribution in [2.45, 2.75) is 26.0 Å². The summed E-state index contributed by atoms with van der Waals surface area (Å²) in [5, 5.41) is 20.7. The lowest BCUT2D eigenvalue weighted by Gasteiger charge is -2.10. The molecule has 0 aliphatic heterocycles. The van der Waals surface area contributed by atoms with Crippen LogP contribution >= 0.6 is 0 Å². The fourth-order valence-corrected chi connectivity index (χ4v) is 1.55. The normalized spacial score (nSPS) is 12.9. The van der Waals surface area contributed by atoms with Gasteiger partial charge in [0.25, 0.3) is 0 Å². The Hall–Kier alpha value is -1.62. The van der Waals surface area contributed by atoms with Gasteiger partial charge >= 0.3 is 0 Å². The summed E-state index contributed by atoms with van der Waals surface area (Å²) >= 11 is 0. The highest BCUT2D eigenvalue weighted by atomic mass is 16.3. The van der Waals surface area contributed by atoms with Gasteiger partial charge in [-0.25, -0.2) is 0 Å². The molecule has 0 bridgehead atoms. The van der Waals surface area contributed by atoms with E-state index in [2.05, 4.69) is 22.2 Å². The quantitative estimate of drug-likeness (QED) is 0.787. The molecule has 0 aliphatic rings. The second kappa shape index (κ2) is 4.27. The van der Waals surface area contributed by atoms with Crippen molar-refractivity contribution in [1.29, 1.82) is 0 Å². The number of aryl methyl sites for hydroxylation is 1. The van der Waals surface area contributed by atoms with Crippen molar-refractivity contribution >= 4 is 0 Å². The van der Waals surface area contributed by atoms with Crippen LogP contribution in [0.5, 0.6) is 0 Å². The summed E-state index contributed by atoms with van der Waals surface area (Å²) in [5.74, 6) is 0. The molecule has 0 radical (unpaired) electrons. The number of hydrogen-bond acceptors (Lipinski definition) is 3. The van der Waals surface area contributed by atoms with Crippen LogP contribution in [-0.4, -0.2) is 25.1 Å². The molecule has 0 saturated heterocycles. The zero-order valence-electron chi connectivity index (χ0n) is 8.59. The van der Waals surface area contributed by atoms with Crippen molar-refractivity contribution in [2.75, 3.05) is 0 Å². The fourth-order valence-electron chi connectivity index (χ4n) is 1.55. The monoisotopic (exact) mass is 206 g/mol. The molecule has 15 heavy (non-hydrogen) atoms. The first kappa shape index (κ1) is 9.92. The lowest BCUT2D eigenvalue weighted by Crippen LogP contribution is -2.09. The topological polar surface area (TPSA) is 66.7 Å². The summed E-state index contributed by atoms with van der Waals surface area (Å²) in [6.45, 7) is 2.90. The first-order chi connectivity index (χ1) is 7.33. The first-order valence-corrected chi connectivity index (χ1v) is 5.01. The van der Waals surface area contributed by atoms with E-state index in [1.807, 2.05) is 10.7 Å². The van der Waals surface area contributed by atoms with Crippen LogP contribution in [0.4, 0.5) is 0 Å². The van der Waals surface area contributed by atoms with Crippen LogP contribution in [0.2, 0.25) is 0 Å². The molecule has 0 fully saturated rings. The van der Waals surface area contributed by atoms with Gasteiger partial charge in [-0.05, 0) is 12.5 Å². The molecule has 0 aliphatic carbocycles. The third-order valence-corrected chi connectivity index (χ3v) is 2.30. The number of nitrogens with zero attached hydrogens (tertiary/aromatic N) is 3. The standard InChI is InChI=1S/C10H14N4O/c1-2-5-14-9(3-4-13-14)10(15)8-6-11-12-7-8/h3-4,6-7,10,15H,2,5H2,1H3,(H,11,12). The SMILES string of the molecule is CCCn1nccc1C(O)c1cn[nH]c1. The van der Waals surface area contributed by atoms with E-state index in [0.717, 1.165) is 24.2 Å². The van der Waals surface area contributed by atoms with Crippen LogP contribution in [0.25, 0.3) is 0 Å². The molecule has 2 rings (SSSR count). The van der Waals surface area contributed by atoms with Gasteiger partial charge in [0.15, 0.2) is 0 Å². The van der Waals surface area contributed by atoms with Gasteiger partial charge in [-0.15, -0.1) is 0 Å². The molecule has 2 aromatic heterocycles. The fraction of sp³-hybridized carbons (Fsp3) is 0.400. The average molecular weight is 206 g/mol. The van der Waals surface area contributed by atoms with Crippen molar-refractivity contribution in [3.05, 3.63) is 35.9 Å². The van der Waals surface area contributed by atoms with Crippen LogP contribution in [0.15, 0.2) is 24.7 Å². The Morgan fingerprint density at radius 1 is 1.60 bits per heavy atom. The molecule has 0 aromatic carbocycles. The Labute approximate surface area is 87.7 Å². The van der Waals surface area contributed by atoms with E-state index in [9.17, 15) is 5.11 Å². The summed E-state index contributed by atoms with van der Waals surface area (Å²) in [7, 11) is 0. The van der Waals surface area contributed by atoms with Gasteiger partial charge in [0.2, 0.25) is 0 Å². The van der Waals surface area contributed by atoms with E-state index in [4.69, 9.17) is 0 Å². The highest BCUT2D eigenvalue weighted by molar-refractivity contribution is 5.20. The smallest absolute Gasteiger partial charge is 0.124 e. The summed E-state index contributed by atoms with van der Waals surface area (Å²) < 4.78 is 1.82. The molecule has 80 valence electrons. The van der Waals surface area contributed by atoms with Gasteiger partial charge < -0.3 is 5.11 Å². The molecule has 0 spiro atoms. The lowest BCUT2D eigenvalue weighted by molar-refractivity contribution is 0.207. The van der Waals surface area contributed by atoms with E-state index in [1.165, 1.54) is 0 Å². The number of aliphatic hydroxyl groups is 1. The molecule has 1 unspecified atom stereocenters. The summed E-state index contributed by atoms with van der Waals surface area (Å²) in [6.07, 6.45) is 5.35. The minimum atomic E-state index is -0.655. The Morgan fingerprint density at radius 3 is 3.13 bits per heavy atom. The number of hydrogen-bond donors (Lipinski definition) is 2. The van der Waals surface area contributed by atoms with E-state index >= 15 is 0 Å².